The Morgan fingerprint density at radius 2 is 1.62 bits per heavy atom. The number of hydrogen-bond donors (Lipinski definition) is 5. The van der Waals surface area contributed by atoms with Crippen LogP contribution < -0.4 is 25.7 Å². The Bertz CT molecular complexity index is 1490. The van der Waals surface area contributed by atoms with Gasteiger partial charge in [-0.2, -0.15) is 0 Å². The minimum Gasteiger partial charge on any atom is -0.506 e. The van der Waals surface area contributed by atoms with Gasteiger partial charge in [-0.25, -0.2) is 0 Å². The maximum Gasteiger partial charge on any atom is 0.248 e. The number of phenols is 1. The molecule has 1 heterocycles. The van der Waals surface area contributed by atoms with Gasteiger partial charge in [-0.15, -0.1) is 0 Å². The summed E-state index contributed by atoms with van der Waals surface area (Å²) in [6.45, 7) is 2.64. The van der Waals surface area contributed by atoms with Gasteiger partial charge in [0, 0.05) is 24.0 Å². The van der Waals surface area contributed by atoms with E-state index in [2.05, 4.69) is 15.6 Å². The van der Waals surface area contributed by atoms with Crippen LogP contribution in [0.1, 0.15) is 35.3 Å². The van der Waals surface area contributed by atoms with E-state index in [1.54, 1.807) is 26.4 Å². The molecule has 4 rings (SSSR count). The number of benzene rings is 3. The first-order valence-electron chi connectivity index (χ1n) is 13.1. The standard InChI is InChI=1S/C31H35N3O6/c1-19(32-18-26(36)22-11-13-25(35)31-23(22)12-14-29(37)34-31)15-20-7-9-21(10-8-20)16-30(38)33-17-24-27(39-2)5-4-6-28(24)40-3/h4-14,19,26,32,35-36H,15-18H2,1-3H3,(H,33,38)(H,34,37)/t19-,26-/m1/s1. The van der Waals surface area contributed by atoms with E-state index in [0.717, 1.165) is 23.1 Å². The minimum absolute atomic E-state index is 0.0393. The summed E-state index contributed by atoms with van der Waals surface area (Å²) in [5.74, 6) is 1.18. The number of methoxy groups -OCH3 is 2. The summed E-state index contributed by atoms with van der Waals surface area (Å²) in [5, 5.41) is 27.8. The molecule has 2 atom stereocenters. The Labute approximate surface area is 232 Å². The molecule has 0 saturated carbocycles. The Morgan fingerprint density at radius 1 is 0.950 bits per heavy atom. The van der Waals surface area contributed by atoms with E-state index < -0.39 is 6.10 Å². The predicted molar refractivity (Wildman–Crippen MR) is 154 cm³/mol. The van der Waals surface area contributed by atoms with E-state index in [1.165, 1.54) is 12.1 Å². The van der Waals surface area contributed by atoms with Crippen LogP contribution in [0.25, 0.3) is 10.9 Å². The van der Waals surface area contributed by atoms with Gasteiger partial charge in [0.25, 0.3) is 0 Å². The first-order valence-corrected chi connectivity index (χ1v) is 13.1. The zero-order valence-electron chi connectivity index (χ0n) is 22.9. The van der Waals surface area contributed by atoms with Crippen LogP contribution in [0.4, 0.5) is 0 Å². The van der Waals surface area contributed by atoms with Crippen LogP contribution in [0.5, 0.6) is 17.2 Å². The lowest BCUT2D eigenvalue weighted by Gasteiger charge is -2.19. The lowest BCUT2D eigenvalue weighted by Crippen LogP contribution is -2.32. The number of amides is 1. The van der Waals surface area contributed by atoms with Crippen LogP contribution in [0.2, 0.25) is 0 Å². The molecule has 9 nitrogen and oxygen atoms in total. The number of aromatic amines is 1. The number of carbonyl (C=O) groups excluding carboxylic acids is 1. The van der Waals surface area contributed by atoms with E-state index in [9.17, 15) is 19.8 Å². The molecule has 0 aliphatic heterocycles. The van der Waals surface area contributed by atoms with Crippen LogP contribution in [0.3, 0.4) is 0 Å². The average Bonchev–Trinajstić information content (AvgIpc) is 2.96. The number of aromatic nitrogens is 1. The second-order valence-electron chi connectivity index (χ2n) is 9.73. The molecule has 210 valence electrons. The minimum atomic E-state index is -0.826. The van der Waals surface area contributed by atoms with Gasteiger partial charge in [-0.3, -0.25) is 9.59 Å². The van der Waals surface area contributed by atoms with Crippen molar-refractivity contribution >= 4 is 16.8 Å². The van der Waals surface area contributed by atoms with Gasteiger partial charge in [-0.05, 0) is 54.3 Å². The summed E-state index contributed by atoms with van der Waals surface area (Å²) < 4.78 is 10.8. The van der Waals surface area contributed by atoms with Crippen LogP contribution in [-0.2, 0) is 24.2 Å². The third kappa shape index (κ3) is 6.99. The van der Waals surface area contributed by atoms with Crippen molar-refractivity contribution in [2.24, 2.45) is 0 Å². The van der Waals surface area contributed by atoms with Crippen molar-refractivity contribution in [1.82, 2.24) is 15.6 Å². The third-order valence-electron chi connectivity index (χ3n) is 6.85. The first-order chi connectivity index (χ1) is 19.3. The van der Waals surface area contributed by atoms with Crippen molar-refractivity contribution in [2.45, 2.75) is 38.5 Å². The monoisotopic (exact) mass is 545 g/mol. The molecular weight excluding hydrogens is 510 g/mol. The summed E-state index contributed by atoms with van der Waals surface area (Å²) in [4.78, 5) is 26.8. The topological polar surface area (TPSA) is 133 Å². The fraction of sp³-hybridized carbons (Fsp3) is 0.290. The molecule has 5 N–H and O–H groups in total. The highest BCUT2D eigenvalue weighted by Crippen LogP contribution is 2.29. The summed E-state index contributed by atoms with van der Waals surface area (Å²) in [5.41, 5.74) is 3.41. The van der Waals surface area contributed by atoms with Gasteiger partial charge >= 0.3 is 0 Å². The Balaban J connectivity index is 1.28. The molecule has 3 aromatic carbocycles. The molecule has 0 bridgehead atoms. The predicted octanol–water partition coefficient (Wildman–Crippen LogP) is 3.36. The number of nitrogens with one attached hydrogen (secondary N) is 3. The SMILES string of the molecule is COc1cccc(OC)c1CNC(=O)Cc1ccc(C[C@@H](C)NC[C@@H](O)c2ccc(O)c3[nH]c(=O)ccc23)cc1. The van der Waals surface area contributed by atoms with Crippen LogP contribution in [0, 0.1) is 0 Å². The molecule has 1 amide bonds. The highest BCUT2D eigenvalue weighted by atomic mass is 16.5. The average molecular weight is 546 g/mol. The second kappa shape index (κ2) is 13.1. The molecule has 0 radical (unpaired) electrons. The number of carbonyl (C=O) groups is 1. The van der Waals surface area contributed by atoms with Crippen molar-refractivity contribution in [3.8, 4) is 17.2 Å². The van der Waals surface area contributed by atoms with Crippen molar-refractivity contribution in [2.75, 3.05) is 20.8 Å². The lowest BCUT2D eigenvalue weighted by molar-refractivity contribution is -0.120. The van der Waals surface area contributed by atoms with Gasteiger partial charge in [0.15, 0.2) is 0 Å². The smallest absolute Gasteiger partial charge is 0.248 e. The molecule has 0 aliphatic carbocycles. The number of fused-ring (bicyclic) bond motifs is 1. The number of ether oxygens (including phenoxy) is 2. The second-order valence-corrected chi connectivity index (χ2v) is 9.73. The van der Waals surface area contributed by atoms with Gasteiger partial charge < -0.3 is 35.3 Å². The fourth-order valence-corrected chi connectivity index (χ4v) is 4.73. The zero-order valence-corrected chi connectivity index (χ0v) is 22.9. The number of phenolic OH excluding ortho intramolecular Hbond substituents is 1. The zero-order chi connectivity index (χ0) is 28.6. The van der Waals surface area contributed by atoms with Crippen molar-refractivity contribution < 1.29 is 24.5 Å². The third-order valence-corrected chi connectivity index (χ3v) is 6.85. The molecule has 40 heavy (non-hydrogen) atoms. The Hall–Kier alpha value is -4.34. The van der Waals surface area contributed by atoms with Crippen LogP contribution >= 0.6 is 0 Å². The number of rotatable bonds is 12. The van der Waals surface area contributed by atoms with Crippen LogP contribution in [-0.4, -0.2) is 47.9 Å². The van der Waals surface area contributed by atoms with Crippen molar-refractivity contribution in [3.63, 3.8) is 0 Å². The maximum absolute atomic E-state index is 12.6. The first kappa shape index (κ1) is 28.7. The van der Waals surface area contributed by atoms with E-state index >= 15 is 0 Å². The van der Waals surface area contributed by atoms with Gasteiger partial charge in [0.2, 0.25) is 11.5 Å². The number of pyridine rings is 1. The number of aliphatic hydroxyl groups excluding tert-OH is 1. The molecule has 0 saturated heterocycles. The lowest BCUT2D eigenvalue weighted by atomic mass is 10.0. The van der Waals surface area contributed by atoms with Crippen molar-refractivity contribution in [1.29, 1.82) is 0 Å². The van der Waals surface area contributed by atoms with E-state index in [-0.39, 0.29) is 29.7 Å². The van der Waals surface area contributed by atoms with Crippen LogP contribution in [0.15, 0.2) is 71.5 Å². The number of aliphatic hydroxyl groups is 1. The van der Waals surface area contributed by atoms with Gasteiger partial charge in [0.1, 0.15) is 17.2 Å². The molecule has 0 spiro atoms. The summed E-state index contributed by atoms with van der Waals surface area (Å²) in [6, 6.07) is 19.6. The normalized spacial score (nSPS) is 12.6. The molecular formula is C31H35N3O6. The molecule has 4 aromatic rings. The Morgan fingerprint density at radius 3 is 2.30 bits per heavy atom. The van der Waals surface area contributed by atoms with Gasteiger partial charge in [-0.1, -0.05) is 36.4 Å². The highest BCUT2D eigenvalue weighted by Gasteiger charge is 2.16. The fourth-order valence-electron chi connectivity index (χ4n) is 4.73. The number of H-pyrrole nitrogens is 1. The maximum atomic E-state index is 12.6. The molecule has 9 heteroatoms. The molecule has 0 unspecified atom stereocenters. The summed E-state index contributed by atoms with van der Waals surface area (Å²) in [6.07, 6.45) is 0.160. The molecule has 1 aromatic heterocycles. The van der Waals surface area contributed by atoms with Gasteiger partial charge in [0.05, 0.1) is 44.4 Å². The summed E-state index contributed by atoms with van der Waals surface area (Å²) >= 11 is 0. The summed E-state index contributed by atoms with van der Waals surface area (Å²) in [7, 11) is 3.17. The highest BCUT2D eigenvalue weighted by molar-refractivity contribution is 5.87. The van der Waals surface area contributed by atoms with E-state index in [0.29, 0.717) is 41.1 Å². The largest absolute Gasteiger partial charge is 0.506 e. The quantitative estimate of drug-likeness (QED) is 0.184. The molecule has 0 fully saturated rings. The number of hydrogen-bond acceptors (Lipinski definition) is 7. The molecule has 0 aliphatic rings. The van der Waals surface area contributed by atoms with E-state index in [4.69, 9.17) is 9.47 Å². The number of aromatic hydroxyl groups is 1. The van der Waals surface area contributed by atoms with Crippen molar-refractivity contribution in [3.05, 3.63) is 99.3 Å². The van der Waals surface area contributed by atoms with E-state index in [1.807, 2.05) is 49.4 Å². The Kier molecular flexibility index (Phi) is 9.42.